The molecule has 0 fully saturated rings. The predicted molar refractivity (Wildman–Crippen MR) is 91.0 cm³/mol. The zero-order valence-electron chi connectivity index (χ0n) is 12.5. The molecule has 1 aromatic carbocycles. The Morgan fingerprint density at radius 1 is 1.16 bits per heavy atom. The smallest absolute Gasteiger partial charge is 0.235 e. The van der Waals surface area contributed by atoms with E-state index in [-0.39, 0.29) is 13.4 Å². The first-order chi connectivity index (χ1) is 12.3. The average molecular weight is 421 g/mol. The molecule has 0 N–H and O–H groups in total. The fourth-order valence-electron chi connectivity index (χ4n) is 2.39. The maximum absolute atomic E-state index is 5.78. The SMILES string of the molecule is Brc1ccc(-c2nn3c(COc4ccc5c(c4)OCO5)nnc3s2)o1. The molecule has 0 unspecified atom stereocenters. The summed E-state index contributed by atoms with van der Waals surface area (Å²) in [6.07, 6.45) is 0. The fraction of sp³-hybridized carbons (Fsp3) is 0.133. The van der Waals surface area contributed by atoms with Gasteiger partial charge in [-0.1, -0.05) is 11.3 Å². The third-order valence-corrected chi connectivity index (χ3v) is 4.89. The predicted octanol–water partition coefficient (Wildman–Crippen LogP) is 3.52. The Morgan fingerprint density at radius 2 is 2.08 bits per heavy atom. The van der Waals surface area contributed by atoms with Crippen LogP contribution in [0.5, 0.6) is 17.2 Å². The average Bonchev–Trinajstić information content (AvgIpc) is 3.36. The van der Waals surface area contributed by atoms with E-state index in [2.05, 4.69) is 31.2 Å². The van der Waals surface area contributed by atoms with Crippen LogP contribution in [-0.2, 0) is 6.61 Å². The number of hydrogen-bond donors (Lipinski definition) is 0. The molecule has 0 spiro atoms. The van der Waals surface area contributed by atoms with Crippen LogP contribution in [0.1, 0.15) is 5.82 Å². The summed E-state index contributed by atoms with van der Waals surface area (Å²) >= 11 is 4.68. The second-order valence-corrected chi connectivity index (χ2v) is 6.86. The van der Waals surface area contributed by atoms with Crippen molar-refractivity contribution in [2.75, 3.05) is 6.79 Å². The van der Waals surface area contributed by atoms with Crippen LogP contribution in [0.3, 0.4) is 0 Å². The molecule has 5 rings (SSSR count). The highest BCUT2D eigenvalue weighted by atomic mass is 79.9. The number of aromatic nitrogens is 4. The standard InChI is InChI=1S/C15H9BrN4O4S/c16-12-4-3-10(24-12)14-19-20-13(17-18-15(20)25-14)6-21-8-1-2-9-11(5-8)23-7-22-9/h1-5H,6-7H2. The van der Waals surface area contributed by atoms with Crippen LogP contribution in [-0.4, -0.2) is 26.6 Å². The van der Waals surface area contributed by atoms with Gasteiger partial charge in [-0.3, -0.25) is 0 Å². The van der Waals surface area contributed by atoms with Crippen LogP contribution in [0.2, 0.25) is 0 Å². The van der Waals surface area contributed by atoms with Gasteiger partial charge in [0.2, 0.25) is 11.8 Å². The van der Waals surface area contributed by atoms with Gasteiger partial charge in [0.25, 0.3) is 0 Å². The number of ether oxygens (including phenoxy) is 3. The quantitative estimate of drug-likeness (QED) is 0.499. The van der Waals surface area contributed by atoms with E-state index in [0.717, 1.165) is 5.01 Å². The maximum atomic E-state index is 5.78. The van der Waals surface area contributed by atoms with Gasteiger partial charge in [0.15, 0.2) is 32.8 Å². The highest BCUT2D eigenvalue weighted by molar-refractivity contribution is 9.10. The highest BCUT2D eigenvalue weighted by Gasteiger charge is 2.17. The lowest BCUT2D eigenvalue weighted by molar-refractivity contribution is 0.173. The molecule has 3 aromatic heterocycles. The second kappa shape index (κ2) is 5.74. The van der Waals surface area contributed by atoms with Crippen molar-refractivity contribution in [1.82, 2.24) is 19.8 Å². The first-order valence-electron chi connectivity index (χ1n) is 7.25. The molecule has 0 aliphatic carbocycles. The summed E-state index contributed by atoms with van der Waals surface area (Å²) in [6.45, 7) is 0.458. The minimum absolute atomic E-state index is 0.228. The van der Waals surface area contributed by atoms with Crippen LogP contribution in [0, 0.1) is 0 Å². The molecule has 0 radical (unpaired) electrons. The number of halogens is 1. The molecule has 0 bridgehead atoms. The van der Waals surface area contributed by atoms with E-state index >= 15 is 0 Å². The summed E-state index contributed by atoms with van der Waals surface area (Å²) in [5, 5.41) is 13.5. The molecule has 0 amide bonds. The van der Waals surface area contributed by atoms with Crippen molar-refractivity contribution in [3.8, 4) is 28.0 Å². The zero-order chi connectivity index (χ0) is 16.8. The second-order valence-electron chi connectivity index (χ2n) is 5.13. The molecule has 0 saturated carbocycles. The van der Waals surface area contributed by atoms with Crippen molar-refractivity contribution in [2.45, 2.75) is 6.61 Å². The lowest BCUT2D eigenvalue weighted by Crippen LogP contribution is -2.02. The number of furan rings is 1. The van der Waals surface area contributed by atoms with Crippen molar-refractivity contribution in [3.63, 3.8) is 0 Å². The summed E-state index contributed by atoms with van der Waals surface area (Å²) in [6, 6.07) is 9.08. The van der Waals surface area contributed by atoms with Gasteiger partial charge >= 0.3 is 0 Å². The first-order valence-corrected chi connectivity index (χ1v) is 8.86. The summed E-state index contributed by atoms with van der Waals surface area (Å²) in [5.41, 5.74) is 0. The van der Waals surface area contributed by atoms with Gasteiger partial charge in [-0.2, -0.15) is 4.52 Å². The van der Waals surface area contributed by atoms with Gasteiger partial charge in [0, 0.05) is 6.07 Å². The Morgan fingerprint density at radius 3 is 2.96 bits per heavy atom. The number of benzene rings is 1. The Hall–Kier alpha value is -2.59. The molecule has 4 aromatic rings. The molecule has 0 atom stereocenters. The van der Waals surface area contributed by atoms with Crippen LogP contribution >= 0.6 is 27.3 Å². The van der Waals surface area contributed by atoms with Crippen molar-refractivity contribution in [3.05, 3.63) is 40.8 Å². The van der Waals surface area contributed by atoms with Crippen LogP contribution in [0.15, 0.2) is 39.4 Å². The summed E-state index contributed by atoms with van der Waals surface area (Å²) in [7, 11) is 0. The monoisotopic (exact) mass is 420 g/mol. The zero-order valence-corrected chi connectivity index (χ0v) is 14.9. The van der Waals surface area contributed by atoms with Gasteiger partial charge in [0.1, 0.15) is 12.4 Å². The molecular formula is C15H9BrN4O4S. The number of nitrogens with zero attached hydrogens (tertiary/aromatic N) is 4. The number of rotatable bonds is 4. The number of fused-ring (bicyclic) bond motifs is 2. The molecule has 1 aliphatic heterocycles. The Kier molecular flexibility index (Phi) is 3.38. The molecule has 10 heteroatoms. The van der Waals surface area contributed by atoms with Gasteiger partial charge in [-0.15, -0.1) is 15.3 Å². The molecule has 126 valence electrons. The van der Waals surface area contributed by atoms with Gasteiger partial charge in [0.05, 0.1) is 0 Å². The van der Waals surface area contributed by atoms with Crippen LogP contribution in [0.25, 0.3) is 15.7 Å². The van der Waals surface area contributed by atoms with E-state index in [1.807, 2.05) is 24.3 Å². The Balaban J connectivity index is 1.38. The normalized spacial score (nSPS) is 12.8. The summed E-state index contributed by atoms with van der Waals surface area (Å²) < 4.78 is 24.2. The summed E-state index contributed by atoms with van der Waals surface area (Å²) in [4.78, 5) is 0.673. The topological polar surface area (TPSA) is 83.9 Å². The summed E-state index contributed by atoms with van der Waals surface area (Å²) in [5.74, 6) is 3.31. The molecule has 8 nitrogen and oxygen atoms in total. The lowest BCUT2D eigenvalue weighted by Gasteiger charge is -2.04. The highest BCUT2D eigenvalue weighted by Crippen LogP contribution is 2.35. The molecule has 0 saturated heterocycles. The van der Waals surface area contributed by atoms with Crippen LogP contribution < -0.4 is 14.2 Å². The van der Waals surface area contributed by atoms with Crippen molar-refractivity contribution in [2.24, 2.45) is 0 Å². The van der Waals surface area contributed by atoms with Crippen LogP contribution in [0.4, 0.5) is 0 Å². The van der Waals surface area contributed by atoms with Crippen molar-refractivity contribution in [1.29, 1.82) is 0 Å². The largest absolute Gasteiger partial charge is 0.485 e. The van der Waals surface area contributed by atoms with E-state index in [4.69, 9.17) is 18.6 Å². The van der Waals surface area contributed by atoms with E-state index in [9.17, 15) is 0 Å². The molecule has 4 heterocycles. The fourth-order valence-corrected chi connectivity index (χ4v) is 3.52. The third-order valence-electron chi connectivity index (χ3n) is 3.55. The first kappa shape index (κ1) is 14.7. The van der Waals surface area contributed by atoms with E-state index in [0.29, 0.717) is 38.5 Å². The molecular weight excluding hydrogens is 412 g/mol. The molecule has 1 aliphatic rings. The Labute approximate surface area is 153 Å². The Bertz CT molecular complexity index is 1070. The third kappa shape index (κ3) is 2.63. The maximum Gasteiger partial charge on any atom is 0.235 e. The number of hydrogen-bond acceptors (Lipinski definition) is 8. The molecule has 25 heavy (non-hydrogen) atoms. The van der Waals surface area contributed by atoms with E-state index in [1.165, 1.54) is 11.3 Å². The van der Waals surface area contributed by atoms with Crippen molar-refractivity contribution >= 4 is 32.2 Å². The lowest BCUT2D eigenvalue weighted by atomic mass is 10.3. The van der Waals surface area contributed by atoms with Gasteiger partial charge in [-0.05, 0) is 40.2 Å². The minimum atomic E-state index is 0.228. The van der Waals surface area contributed by atoms with E-state index < -0.39 is 0 Å². The van der Waals surface area contributed by atoms with Crippen molar-refractivity contribution < 1.29 is 18.6 Å². The van der Waals surface area contributed by atoms with Gasteiger partial charge in [-0.25, -0.2) is 0 Å². The van der Waals surface area contributed by atoms with Gasteiger partial charge < -0.3 is 18.6 Å². The minimum Gasteiger partial charge on any atom is -0.485 e. The van der Waals surface area contributed by atoms with E-state index in [1.54, 1.807) is 10.6 Å².